The lowest BCUT2D eigenvalue weighted by atomic mass is 9.79. The summed E-state index contributed by atoms with van der Waals surface area (Å²) in [5, 5.41) is 8.78. The van der Waals surface area contributed by atoms with Gasteiger partial charge >= 0.3 is 0 Å². The van der Waals surface area contributed by atoms with Gasteiger partial charge in [-0.2, -0.15) is 9.98 Å². The van der Waals surface area contributed by atoms with Crippen molar-refractivity contribution in [2.75, 3.05) is 0 Å². The van der Waals surface area contributed by atoms with Gasteiger partial charge in [0, 0.05) is 7.05 Å². The van der Waals surface area contributed by atoms with Crippen molar-refractivity contribution in [2.24, 2.45) is 7.05 Å². The third-order valence-electron chi connectivity index (χ3n) is 2.84. The fourth-order valence-corrected chi connectivity index (χ4v) is 3.46. The lowest BCUT2D eigenvalue weighted by Gasteiger charge is -2.35. The van der Waals surface area contributed by atoms with Gasteiger partial charge in [-0.05, 0) is 19.3 Å². The molecule has 17 heavy (non-hydrogen) atoms. The number of nitriles is 1. The van der Waals surface area contributed by atoms with Crippen LogP contribution in [0.2, 0.25) is 5.15 Å². The first kappa shape index (κ1) is 12.4. The first-order valence-electron chi connectivity index (χ1n) is 5.02. The molecule has 0 spiro atoms. The van der Waals surface area contributed by atoms with Gasteiger partial charge in [0.05, 0.1) is 12.4 Å². The number of hydrogen-bond acceptors (Lipinski definition) is 4. The number of nitrogens with one attached hydrogen (secondary N) is 1. The number of rotatable bonds is 3. The molecule has 8 heteroatoms. The van der Waals surface area contributed by atoms with Crippen LogP contribution in [0.15, 0.2) is 11.4 Å². The van der Waals surface area contributed by atoms with E-state index in [4.69, 9.17) is 16.9 Å². The standard InChI is InChI=1S/C9H11ClN4O2S/c1-14-6-12-8(7(14)10)17(15,16)13-9(5-11)3-2-4-9/h6,13H,2-4H2,1H3. The molecule has 1 N–H and O–H groups in total. The quantitative estimate of drug-likeness (QED) is 0.883. The zero-order valence-electron chi connectivity index (χ0n) is 9.14. The number of aryl methyl sites for hydroxylation is 1. The third-order valence-corrected chi connectivity index (χ3v) is 4.86. The third kappa shape index (κ3) is 2.04. The van der Waals surface area contributed by atoms with Crippen LogP contribution in [0.3, 0.4) is 0 Å². The van der Waals surface area contributed by atoms with Crippen molar-refractivity contribution in [2.45, 2.75) is 29.8 Å². The smallest absolute Gasteiger partial charge is 0.262 e. The summed E-state index contributed by atoms with van der Waals surface area (Å²) in [6.07, 6.45) is 3.20. The highest BCUT2D eigenvalue weighted by atomic mass is 35.5. The topological polar surface area (TPSA) is 87.8 Å². The van der Waals surface area contributed by atoms with Crippen molar-refractivity contribution >= 4 is 21.6 Å². The number of halogens is 1. The average Bonchev–Trinajstić information content (AvgIpc) is 2.54. The zero-order valence-corrected chi connectivity index (χ0v) is 10.7. The minimum atomic E-state index is -3.84. The van der Waals surface area contributed by atoms with E-state index in [0.29, 0.717) is 12.8 Å². The average molecular weight is 275 g/mol. The van der Waals surface area contributed by atoms with Crippen molar-refractivity contribution in [3.05, 3.63) is 11.5 Å². The molecule has 1 aromatic heterocycles. The summed E-state index contributed by atoms with van der Waals surface area (Å²) in [5.74, 6) is 0. The Labute approximate surface area is 104 Å². The van der Waals surface area contributed by atoms with Gasteiger partial charge in [-0.1, -0.05) is 11.6 Å². The van der Waals surface area contributed by atoms with E-state index in [0.717, 1.165) is 6.42 Å². The molecular formula is C9H11ClN4O2S. The molecule has 0 bridgehead atoms. The summed E-state index contributed by atoms with van der Waals surface area (Å²) in [6.45, 7) is 0. The molecule has 0 radical (unpaired) electrons. The van der Waals surface area contributed by atoms with Crippen LogP contribution in [0.25, 0.3) is 0 Å². The lowest BCUT2D eigenvalue weighted by molar-refractivity contribution is 0.296. The van der Waals surface area contributed by atoms with Crippen LogP contribution in [0, 0.1) is 11.3 Å². The van der Waals surface area contributed by atoms with E-state index in [1.165, 1.54) is 10.9 Å². The maximum atomic E-state index is 12.0. The molecule has 1 aliphatic carbocycles. The first-order valence-corrected chi connectivity index (χ1v) is 6.88. The Morgan fingerprint density at radius 2 is 2.29 bits per heavy atom. The van der Waals surface area contributed by atoms with Crippen molar-refractivity contribution in [3.8, 4) is 6.07 Å². The van der Waals surface area contributed by atoms with E-state index < -0.39 is 15.6 Å². The predicted octanol–water partition coefficient (Wildman–Crippen LogP) is 0.798. The van der Waals surface area contributed by atoms with Crippen LogP contribution in [0.1, 0.15) is 19.3 Å². The van der Waals surface area contributed by atoms with Crippen LogP contribution < -0.4 is 4.72 Å². The fraction of sp³-hybridized carbons (Fsp3) is 0.556. The molecule has 92 valence electrons. The van der Waals surface area contributed by atoms with Crippen LogP contribution in [0.4, 0.5) is 0 Å². The molecule has 0 atom stereocenters. The highest BCUT2D eigenvalue weighted by molar-refractivity contribution is 7.89. The second-order valence-corrected chi connectivity index (χ2v) is 6.06. The molecule has 1 fully saturated rings. The number of nitrogens with zero attached hydrogens (tertiary/aromatic N) is 3. The number of hydrogen-bond donors (Lipinski definition) is 1. The van der Waals surface area contributed by atoms with Gasteiger partial charge in [0.25, 0.3) is 10.0 Å². The predicted molar refractivity (Wildman–Crippen MR) is 60.7 cm³/mol. The molecule has 0 aliphatic heterocycles. The number of sulfonamides is 1. The Hall–Kier alpha value is -1.10. The molecule has 0 unspecified atom stereocenters. The Bertz CT molecular complexity index is 583. The van der Waals surface area contributed by atoms with Gasteiger partial charge in [0.15, 0.2) is 0 Å². The highest BCUT2D eigenvalue weighted by Crippen LogP contribution is 2.33. The van der Waals surface area contributed by atoms with E-state index >= 15 is 0 Å². The van der Waals surface area contributed by atoms with Gasteiger partial charge in [-0.25, -0.2) is 13.4 Å². The molecule has 1 saturated carbocycles. The monoisotopic (exact) mass is 274 g/mol. The van der Waals surface area contributed by atoms with Gasteiger partial charge in [0.2, 0.25) is 5.03 Å². The minimum absolute atomic E-state index is 0.0323. The molecule has 0 amide bonds. The molecule has 0 saturated heterocycles. The van der Waals surface area contributed by atoms with Crippen molar-refractivity contribution in [1.29, 1.82) is 5.26 Å². The molecule has 1 aliphatic rings. The summed E-state index contributed by atoms with van der Waals surface area (Å²) in [6, 6.07) is 2.00. The SMILES string of the molecule is Cn1cnc(S(=O)(=O)NC2(C#N)CCC2)c1Cl. The van der Waals surface area contributed by atoms with Gasteiger partial charge in [0.1, 0.15) is 10.7 Å². The Morgan fingerprint density at radius 3 is 2.65 bits per heavy atom. The van der Waals surface area contributed by atoms with Crippen molar-refractivity contribution in [3.63, 3.8) is 0 Å². The van der Waals surface area contributed by atoms with E-state index in [2.05, 4.69) is 9.71 Å². The van der Waals surface area contributed by atoms with Crippen LogP contribution in [0.5, 0.6) is 0 Å². The van der Waals surface area contributed by atoms with Gasteiger partial charge in [-0.3, -0.25) is 0 Å². The zero-order chi connectivity index (χ0) is 12.7. The molecular weight excluding hydrogens is 264 g/mol. The van der Waals surface area contributed by atoms with Crippen LogP contribution >= 0.6 is 11.6 Å². The van der Waals surface area contributed by atoms with Gasteiger partial charge < -0.3 is 4.57 Å². The summed E-state index contributed by atoms with van der Waals surface area (Å²) < 4.78 is 27.8. The second kappa shape index (κ2) is 3.98. The maximum absolute atomic E-state index is 12.0. The number of aromatic nitrogens is 2. The summed E-state index contributed by atoms with van der Waals surface area (Å²) in [4.78, 5) is 3.73. The lowest BCUT2D eigenvalue weighted by Crippen LogP contribution is -2.52. The Balaban J connectivity index is 2.32. The van der Waals surface area contributed by atoms with E-state index in [1.54, 1.807) is 7.05 Å². The minimum Gasteiger partial charge on any atom is -0.324 e. The van der Waals surface area contributed by atoms with E-state index in [-0.39, 0.29) is 10.2 Å². The summed E-state index contributed by atoms with van der Waals surface area (Å²) in [5.41, 5.74) is -0.986. The fourth-order valence-electron chi connectivity index (χ4n) is 1.65. The Kier molecular flexibility index (Phi) is 2.89. The van der Waals surface area contributed by atoms with Crippen molar-refractivity contribution in [1.82, 2.24) is 14.3 Å². The Morgan fingerprint density at radius 1 is 1.65 bits per heavy atom. The van der Waals surface area contributed by atoms with E-state index in [9.17, 15) is 8.42 Å². The van der Waals surface area contributed by atoms with E-state index in [1.807, 2.05) is 6.07 Å². The summed E-state index contributed by atoms with van der Waals surface area (Å²) >= 11 is 5.82. The largest absolute Gasteiger partial charge is 0.324 e. The van der Waals surface area contributed by atoms with Gasteiger partial charge in [-0.15, -0.1) is 0 Å². The number of imidazole rings is 1. The molecule has 0 aromatic carbocycles. The maximum Gasteiger partial charge on any atom is 0.262 e. The van der Waals surface area contributed by atoms with Crippen LogP contribution in [-0.2, 0) is 17.1 Å². The summed E-state index contributed by atoms with van der Waals surface area (Å²) in [7, 11) is -2.24. The van der Waals surface area contributed by atoms with Crippen LogP contribution in [-0.4, -0.2) is 23.5 Å². The van der Waals surface area contributed by atoms with Crippen molar-refractivity contribution < 1.29 is 8.42 Å². The molecule has 2 rings (SSSR count). The molecule has 1 aromatic rings. The second-order valence-electron chi connectivity index (χ2n) is 4.10. The molecule has 6 nitrogen and oxygen atoms in total. The molecule has 1 heterocycles. The normalized spacial score (nSPS) is 18.4. The highest BCUT2D eigenvalue weighted by Gasteiger charge is 2.42. The first-order chi connectivity index (χ1) is 7.90.